The van der Waals surface area contributed by atoms with Gasteiger partial charge in [-0.15, -0.1) is 11.8 Å². The molecule has 1 N–H and O–H groups in total. The summed E-state index contributed by atoms with van der Waals surface area (Å²) in [6.07, 6.45) is 7.14. The lowest BCUT2D eigenvalue weighted by Gasteiger charge is -2.09. The first-order valence-corrected chi connectivity index (χ1v) is 7.11. The summed E-state index contributed by atoms with van der Waals surface area (Å²) >= 11 is 1.77. The Hall–Kier alpha value is -0.960. The van der Waals surface area contributed by atoms with Crippen molar-refractivity contribution < 1.29 is 4.79 Å². The third-order valence-electron chi connectivity index (χ3n) is 2.74. The van der Waals surface area contributed by atoms with Crippen LogP contribution >= 0.6 is 11.8 Å². The van der Waals surface area contributed by atoms with Crippen LogP contribution in [0.4, 0.5) is 0 Å². The van der Waals surface area contributed by atoms with Crippen LogP contribution in [0.5, 0.6) is 0 Å². The fraction of sp³-hybridized carbons (Fsp3) is 0.500. The summed E-state index contributed by atoms with van der Waals surface area (Å²) in [6.45, 7) is 8.04. The predicted molar refractivity (Wildman–Crippen MR) is 75.7 cm³/mol. The molecule has 0 atom stereocenters. The second kappa shape index (κ2) is 6.10. The number of carbonyl (C=O) groups is 1. The zero-order valence-corrected chi connectivity index (χ0v) is 12.1. The molecular formula is C14H21NOS. The van der Waals surface area contributed by atoms with Gasteiger partial charge in [-0.25, -0.2) is 0 Å². The maximum atomic E-state index is 11.7. The molecule has 0 spiro atoms. The van der Waals surface area contributed by atoms with Crippen molar-refractivity contribution in [3.8, 4) is 0 Å². The number of nitrogens with one attached hydrogen (secondary N) is 1. The van der Waals surface area contributed by atoms with Crippen molar-refractivity contribution in [1.82, 2.24) is 5.32 Å². The minimum Gasteiger partial charge on any atom is -0.326 e. The lowest BCUT2D eigenvalue weighted by Crippen LogP contribution is -2.26. The molecule has 1 aliphatic carbocycles. The molecule has 0 aliphatic heterocycles. The SMILES string of the molecule is CSC1=C(C)CC=C(NC(=O)C(C)C)C=C1C. The second-order valence-electron chi connectivity index (χ2n) is 4.65. The molecule has 0 fully saturated rings. The summed E-state index contributed by atoms with van der Waals surface area (Å²) in [5.41, 5.74) is 3.51. The highest BCUT2D eigenvalue weighted by atomic mass is 32.2. The molecule has 0 radical (unpaired) electrons. The van der Waals surface area contributed by atoms with Crippen molar-refractivity contribution in [3.63, 3.8) is 0 Å². The molecule has 0 unspecified atom stereocenters. The van der Waals surface area contributed by atoms with Gasteiger partial charge in [0.1, 0.15) is 0 Å². The third kappa shape index (κ3) is 3.77. The van der Waals surface area contributed by atoms with E-state index in [1.165, 1.54) is 16.1 Å². The van der Waals surface area contributed by atoms with E-state index in [0.29, 0.717) is 0 Å². The van der Waals surface area contributed by atoms with Gasteiger partial charge >= 0.3 is 0 Å². The number of carbonyl (C=O) groups excluding carboxylic acids is 1. The van der Waals surface area contributed by atoms with Crippen molar-refractivity contribution in [2.45, 2.75) is 34.1 Å². The predicted octanol–water partition coefficient (Wildman–Crippen LogP) is 3.63. The molecule has 17 heavy (non-hydrogen) atoms. The number of thioether (sulfide) groups is 1. The molecule has 94 valence electrons. The Kier molecular flexibility index (Phi) is 5.06. The van der Waals surface area contributed by atoms with Crippen molar-refractivity contribution >= 4 is 17.7 Å². The van der Waals surface area contributed by atoms with E-state index in [1.807, 2.05) is 13.8 Å². The first kappa shape index (κ1) is 14.1. The molecule has 0 aromatic rings. The van der Waals surface area contributed by atoms with E-state index in [2.05, 4.69) is 37.6 Å². The van der Waals surface area contributed by atoms with Gasteiger partial charge in [0.25, 0.3) is 0 Å². The highest BCUT2D eigenvalue weighted by Gasteiger charge is 2.12. The first-order valence-electron chi connectivity index (χ1n) is 5.89. The Balaban J connectivity index is 2.87. The standard InChI is InChI=1S/C14H21NOS/c1-9(2)14(16)15-12-7-6-10(3)13(17-5)11(4)8-12/h7-9H,6H2,1-5H3,(H,15,16). The topological polar surface area (TPSA) is 29.1 Å². The Bertz CT molecular complexity index is 402. The summed E-state index contributed by atoms with van der Waals surface area (Å²) in [7, 11) is 0. The molecule has 0 saturated carbocycles. The Morgan fingerprint density at radius 3 is 2.59 bits per heavy atom. The molecule has 0 aromatic carbocycles. The lowest BCUT2D eigenvalue weighted by atomic mass is 10.1. The van der Waals surface area contributed by atoms with Crippen LogP contribution in [-0.4, -0.2) is 12.2 Å². The first-order chi connectivity index (χ1) is 7.95. The summed E-state index contributed by atoms with van der Waals surface area (Å²) in [5, 5.41) is 2.96. The molecule has 0 heterocycles. The number of amides is 1. The van der Waals surface area contributed by atoms with Gasteiger partial charge in [-0.2, -0.15) is 0 Å². The summed E-state index contributed by atoms with van der Waals surface area (Å²) in [5.74, 6) is 0.0903. The second-order valence-corrected chi connectivity index (χ2v) is 5.46. The Labute approximate surface area is 108 Å². The van der Waals surface area contributed by atoms with E-state index in [-0.39, 0.29) is 11.8 Å². The average Bonchev–Trinajstić information content (AvgIpc) is 2.38. The highest BCUT2D eigenvalue weighted by Crippen LogP contribution is 2.30. The highest BCUT2D eigenvalue weighted by molar-refractivity contribution is 8.02. The van der Waals surface area contributed by atoms with Crippen LogP contribution in [0.2, 0.25) is 0 Å². The van der Waals surface area contributed by atoms with Crippen LogP contribution < -0.4 is 5.32 Å². The van der Waals surface area contributed by atoms with Gasteiger partial charge in [0.15, 0.2) is 0 Å². The van der Waals surface area contributed by atoms with Gasteiger partial charge in [0.2, 0.25) is 5.91 Å². The fourth-order valence-corrected chi connectivity index (χ4v) is 2.57. The molecule has 2 nitrogen and oxygen atoms in total. The van der Waals surface area contributed by atoms with Gasteiger partial charge in [-0.05, 0) is 38.2 Å². The summed E-state index contributed by atoms with van der Waals surface area (Å²) in [6, 6.07) is 0. The summed E-state index contributed by atoms with van der Waals surface area (Å²) in [4.78, 5) is 13.0. The van der Waals surface area contributed by atoms with Crippen molar-refractivity contribution in [2.75, 3.05) is 6.26 Å². The smallest absolute Gasteiger partial charge is 0.226 e. The van der Waals surface area contributed by atoms with E-state index in [0.717, 1.165) is 12.1 Å². The van der Waals surface area contributed by atoms with Crippen molar-refractivity contribution in [3.05, 3.63) is 33.9 Å². The van der Waals surface area contributed by atoms with Gasteiger partial charge in [0.05, 0.1) is 0 Å². The zero-order chi connectivity index (χ0) is 13.0. The number of allylic oxidation sites excluding steroid dienone is 4. The Morgan fingerprint density at radius 1 is 1.41 bits per heavy atom. The van der Waals surface area contributed by atoms with E-state index >= 15 is 0 Å². The van der Waals surface area contributed by atoms with E-state index in [4.69, 9.17) is 0 Å². The minimum absolute atomic E-state index is 0.0157. The molecule has 0 saturated heterocycles. The normalized spacial score (nSPS) is 16.6. The molecule has 1 aliphatic rings. The van der Waals surface area contributed by atoms with Gasteiger partial charge in [-0.1, -0.05) is 25.5 Å². The maximum Gasteiger partial charge on any atom is 0.226 e. The maximum absolute atomic E-state index is 11.7. The Morgan fingerprint density at radius 2 is 2.06 bits per heavy atom. The zero-order valence-electron chi connectivity index (χ0n) is 11.3. The number of hydrogen-bond donors (Lipinski definition) is 1. The van der Waals surface area contributed by atoms with Crippen LogP contribution in [0, 0.1) is 5.92 Å². The van der Waals surface area contributed by atoms with Crippen molar-refractivity contribution in [1.29, 1.82) is 0 Å². The molecule has 0 bridgehead atoms. The monoisotopic (exact) mass is 251 g/mol. The number of rotatable bonds is 3. The van der Waals surface area contributed by atoms with Crippen LogP contribution in [0.15, 0.2) is 33.9 Å². The van der Waals surface area contributed by atoms with Crippen LogP contribution in [0.25, 0.3) is 0 Å². The molecule has 1 rings (SSSR count). The van der Waals surface area contributed by atoms with Gasteiger partial charge < -0.3 is 5.32 Å². The molecule has 3 heteroatoms. The van der Waals surface area contributed by atoms with Gasteiger partial charge in [0, 0.05) is 16.5 Å². The van der Waals surface area contributed by atoms with Crippen molar-refractivity contribution in [2.24, 2.45) is 5.92 Å². The third-order valence-corrected chi connectivity index (χ3v) is 3.82. The lowest BCUT2D eigenvalue weighted by molar-refractivity contribution is -0.123. The number of hydrogen-bond acceptors (Lipinski definition) is 2. The average molecular weight is 251 g/mol. The minimum atomic E-state index is 0.0157. The van der Waals surface area contributed by atoms with E-state index in [1.54, 1.807) is 11.8 Å². The van der Waals surface area contributed by atoms with Crippen LogP contribution in [0.1, 0.15) is 34.1 Å². The molecular weight excluding hydrogens is 230 g/mol. The van der Waals surface area contributed by atoms with Crippen LogP contribution in [0.3, 0.4) is 0 Å². The molecule has 0 aromatic heterocycles. The summed E-state index contributed by atoms with van der Waals surface area (Å²) < 4.78 is 0. The van der Waals surface area contributed by atoms with Gasteiger partial charge in [-0.3, -0.25) is 4.79 Å². The quantitative estimate of drug-likeness (QED) is 0.830. The molecule has 1 amide bonds. The van der Waals surface area contributed by atoms with E-state index < -0.39 is 0 Å². The largest absolute Gasteiger partial charge is 0.326 e. The van der Waals surface area contributed by atoms with Crippen LogP contribution in [-0.2, 0) is 4.79 Å². The van der Waals surface area contributed by atoms with E-state index in [9.17, 15) is 4.79 Å². The fourth-order valence-electron chi connectivity index (χ4n) is 1.76.